The van der Waals surface area contributed by atoms with Gasteiger partial charge < -0.3 is 19.5 Å². The highest BCUT2D eigenvalue weighted by molar-refractivity contribution is 5.99. The average molecular weight is 500 g/mol. The van der Waals surface area contributed by atoms with Crippen molar-refractivity contribution in [3.05, 3.63) is 59.7 Å². The molecule has 2 aliphatic heterocycles. The lowest BCUT2D eigenvalue weighted by molar-refractivity contribution is -0.133. The molecule has 3 heterocycles. The molecular weight excluding hydrogens is 462 g/mol. The van der Waals surface area contributed by atoms with E-state index in [1.54, 1.807) is 12.1 Å². The van der Waals surface area contributed by atoms with Crippen molar-refractivity contribution in [3.8, 4) is 11.3 Å². The first-order valence-corrected chi connectivity index (χ1v) is 14.1. The summed E-state index contributed by atoms with van der Waals surface area (Å²) in [6, 6.07) is 16.4. The number of carbonyl (C=O) groups is 2. The Morgan fingerprint density at radius 3 is 2.22 bits per heavy atom. The Bertz CT molecular complexity index is 1280. The van der Waals surface area contributed by atoms with Gasteiger partial charge in [0.2, 0.25) is 5.91 Å². The number of amides is 1. The monoisotopic (exact) mass is 499 g/mol. The maximum Gasteiger partial charge on any atom is 0.335 e. The van der Waals surface area contributed by atoms with E-state index in [9.17, 15) is 14.7 Å². The van der Waals surface area contributed by atoms with Crippen molar-refractivity contribution in [3.63, 3.8) is 0 Å². The predicted molar refractivity (Wildman–Crippen MR) is 146 cm³/mol. The van der Waals surface area contributed by atoms with Crippen molar-refractivity contribution < 1.29 is 14.7 Å². The summed E-state index contributed by atoms with van der Waals surface area (Å²) in [6.07, 6.45) is 9.37. The lowest BCUT2D eigenvalue weighted by Gasteiger charge is -2.36. The number of hydrogen-bond donors (Lipinski definition) is 1. The molecule has 37 heavy (non-hydrogen) atoms. The second-order valence-electron chi connectivity index (χ2n) is 11.1. The van der Waals surface area contributed by atoms with Crippen LogP contribution in [0.3, 0.4) is 0 Å². The predicted octanol–water partition coefficient (Wildman–Crippen LogP) is 5.75. The lowest BCUT2D eigenvalue weighted by atomic mass is 9.92. The van der Waals surface area contributed by atoms with Crippen LogP contribution in [0.2, 0.25) is 0 Å². The second-order valence-corrected chi connectivity index (χ2v) is 11.1. The molecule has 6 nitrogen and oxygen atoms in total. The van der Waals surface area contributed by atoms with Crippen molar-refractivity contribution in [1.82, 2.24) is 14.4 Å². The maximum absolute atomic E-state index is 13.7. The SMILES string of the molecule is O=C(O)c1ccc2c(C3CCCC3)c(-c3ccccc3)n(CC(=O)N3CCC(N4CCCC4)CC3)c2c1. The Kier molecular flexibility index (Phi) is 6.76. The van der Waals surface area contributed by atoms with Gasteiger partial charge in [-0.05, 0) is 80.8 Å². The van der Waals surface area contributed by atoms with E-state index in [4.69, 9.17) is 0 Å². The van der Waals surface area contributed by atoms with Crippen LogP contribution in [-0.4, -0.2) is 63.6 Å². The van der Waals surface area contributed by atoms with Crippen LogP contribution >= 0.6 is 0 Å². The fraction of sp³-hybridized carbons (Fsp3) is 0.484. The Morgan fingerprint density at radius 1 is 0.838 bits per heavy atom. The fourth-order valence-corrected chi connectivity index (χ4v) is 7.03. The Labute approximate surface area is 218 Å². The molecule has 0 atom stereocenters. The molecule has 194 valence electrons. The minimum Gasteiger partial charge on any atom is -0.478 e. The number of likely N-dealkylation sites (tertiary alicyclic amines) is 2. The molecule has 6 heteroatoms. The van der Waals surface area contributed by atoms with Gasteiger partial charge in [-0.15, -0.1) is 0 Å². The second kappa shape index (κ2) is 10.3. The first kappa shape index (κ1) is 24.2. The Morgan fingerprint density at radius 2 is 1.54 bits per heavy atom. The normalized spacial score (nSPS) is 19.7. The summed E-state index contributed by atoms with van der Waals surface area (Å²) in [4.78, 5) is 30.3. The van der Waals surface area contributed by atoms with Crippen LogP contribution in [0.15, 0.2) is 48.5 Å². The number of piperidine rings is 1. The fourth-order valence-electron chi connectivity index (χ4n) is 7.03. The number of aromatic nitrogens is 1. The van der Waals surface area contributed by atoms with Gasteiger partial charge in [-0.25, -0.2) is 4.79 Å². The molecule has 0 radical (unpaired) electrons. The summed E-state index contributed by atoms with van der Waals surface area (Å²) in [5, 5.41) is 10.8. The highest BCUT2D eigenvalue weighted by atomic mass is 16.4. The van der Waals surface area contributed by atoms with Gasteiger partial charge in [-0.1, -0.05) is 49.2 Å². The molecule has 0 bridgehead atoms. The summed E-state index contributed by atoms with van der Waals surface area (Å²) < 4.78 is 2.12. The van der Waals surface area contributed by atoms with Crippen molar-refractivity contribution in [2.24, 2.45) is 0 Å². The van der Waals surface area contributed by atoms with Gasteiger partial charge in [0.15, 0.2) is 0 Å². The quantitative estimate of drug-likeness (QED) is 0.469. The molecule has 1 amide bonds. The van der Waals surface area contributed by atoms with Crippen LogP contribution in [0.25, 0.3) is 22.2 Å². The van der Waals surface area contributed by atoms with Crippen molar-refractivity contribution in [1.29, 1.82) is 0 Å². The van der Waals surface area contributed by atoms with Crippen LogP contribution in [0.1, 0.15) is 73.2 Å². The van der Waals surface area contributed by atoms with Crippen LogP contribution in [-0.2, 0) is 11.3 Å². The molecule has 0 spiro atoms. The molecule has 2 aromatic carbocycles. The zero-order valence-corrected chi connectivity index (χ0v) is 21.6. The number of nitrogens with zero attached hydrogens (tertiary/aromatic N) is 3. The van der Waals surface area contributed by atoms with E-state index in [0.29, 0.717) is 12.0 Å². The molecule has 1 saturated carbocycles. The first-order chi connectivity index (χ1) is 18.1. The van der Waals surface area contributed by atoms with E-state index in [-0.39, 0.29) is 18.0 Å². The molecule has 1 aliphatic carbocycles. The third-order valence-electron chi connectivity index (χ3n) is 8.93. The molecule has 0 unspecified atom stereocenters. The number of rotatable bonds is 6. The van der Waals surface area contributed by atoms with Crippen molar-refractivity contribution in [2.75, 3.05) is 26.2 Å². The molecule has 1 N–H and O–H groups in total. The van der Waals surface area contributed by atoms with Gasteiger partial charge >= 0.3 is 5.97 Å². The molecule has 1 aromatic heterocycles. The van der Waals surface area contributed by atoms with E-state index in [1.807, 2.05) is 29.2 Å². The average Bonchev–Trinajstić information content (AvgIpc) is 3.70. The van der Waals surface area contributed by atoms with E-state index in [2.05, 4.69) is 21.6 Å². The zero-order valence-electron chi connectivity index (χ0n) is 21.6. The number of carboxylic acids is 1. The molecule has 3 aromatic rings. The molecule has 6 rings (SSSR count). The minimum absolute atomic E-state index is 0.132. The number of benzene rings is 2. The van der Waals surface area contributed by atoms with Gasteiger partial charge in [0, 0.05) is 24.5 Å². The van der Waals surface area contributed by atoms with Crippen molar-refractivity contribution in [2.45, 2.75) is 69.9 Å². The summed E-state index contributed by atoms with van der Waals surface area (Å²) >= 11 is 0. The highest BCUT2D eigenvalue weighted by Crippen LogP contribution is 2.45. The topological polar surface area (TPSA) is 65.8 Å². The maximum atomic E-state index is 13.7. The standard InChI is InChI=1S/C31H37N3O3/c35-28(33-18-14-25(15-19-33)32-16-6-7-17-32)21-34-27-20-24(31(36)37)12-13-26(27)29(22-8-4-5-9-22)30(34)23-10-2-1-3-11-23/h1-3,10-13,20,22,25H,4-9,14-19,21H2,(H,36,37). The van der Waals surface area contributed by atoms with E-state index in [0.717, 1.165) is 60.9 Å². The summed E-state index contributed by atoms with van der Waals surface area (Å²) in [5.41, 5.74) is 4.60. The molecule has 3 aliphatic rings. The van der Waals surface area contributed by atoms with Gasteiger partial charge in [-0.3, -0.25) is 4.79 Å². The summed E-state index contributed by atoms with van der Waals surface area (Å²) in [5.74, 6) is -0.373. The highest BCUT2D eigenvalue weighted by Gasteiger charge is 2.31. The largest absolute Gasteiger partial charge is 0.478 e. The van der Waals surface area contributed by atoms with Crippen LogP contribution in [0.4, 0.5) is 0 Å². The van der Waals surface area contributed by atoms with Gasteiger partial charge in [0.05, 0.1) is 16.8 Å². The number of carbonyl (C=O) groups excluding carboxylic acids is 1. The summed E-state index contributed by atoms with van der Waals surface area (Å²) in [7, 11) is 0. The third-order valence-corrected chi connectivity index (χ3v) is 8.93. The minimum atomic E-state index is -0.936. The number of hydrogen-bond acceptors (Lipinski definition) is 3. The third kappa shape index (κ3) is 4.68. The Balaban J connectivity index is 1.38. The van der Waals surface area contributed by atoms with Crippen LogP contribution < -0.4 is 0 Å². The Hall–Kier alpha value is -3.12. The number of fused-ring (bicyclic) bond motifs is 1. The lowest BCUT2D eigenvalue weighted by Crippen LogP contribution is -2.46. The number of aromatic carboxylic acids is 1. The smallest absolute Gasteiger partial charge is 0.335 e. The van der Waals surface area contributed by atoms with Gasteiger partial charge in [-0.2, -0.15) is 0 Å². The van der Waals surface area contributed by atoms with E-state index >= 15 is 0 Å². The van der Waals surface area contributed by atoms with E-state index < -0.39 is 5.97 Å². The molecule has 3 fully saturated rings. The zero-order chi connectivity index (χ0) is 25.4. The molecular formula is C31H37N3O3. The van der Waals surface area contributed by atoms with Gasteiger partial charge in [0.25, 0.3) is 0 Å². The van der Waals surface area contributed by atoms with Crippen molar-refractivity contribution >= 4 is 22.8 Å². The van der Waals surface area contributed by atoms with Gasteiger partial charge in [0.1, 0.15) is 6.54 Å². The van der Waals surface area contributed by atoms with E-state index in [1.165, 1.54) is 44.3 Å². The number of carboxylic acid groups (broad SMARTS) is 1. The first-order valence-electron chi connectivity index (χ1n) is 14.1. The molecule has 2 saturated heterocycles. The summed E-state index contributed by atoms with van der Waals surface area (Å²) in [6.45, 7) is 4.24. The van der Waals surface area contributed by atoms with Crippen LogP contribution in [0, 0.1) is 0 Å². The van der Waals surface area contributed by atoms with Crippen LogP contribution in [0.5, 0.6) is 0 Å².